The largest absolute Gasteiger partial charge is 0.298 e. The second kappa shape index (κ2) is 5.76. The molecule has 0 amide bonds. The zero-order valence-electron chi connectivity index (χ0n) is 12.1. The Balaban J connectivity index is 2.03. The summed E-state index contributed by atoms with van der Waals surface area (Å²) >= 11 is 1.46. The minimum atomic E-state index is -0.280. The summed E-state index contributed by atoms with van der Waals surface area (Å²) in [5, 5.41) is 10.9. The number of fused-ring (bicyclic) bond motifs is 1. The van der Waals surface area contributed by atoms with Gasteiger partial charge in [0.15, 0.2) is 0 Å². The Hall–Kier alpha value is -1.67. The normalized spacial score (nSPS) is 11.7. The lowest BCUT2D eigenvalue weighted by molar-refractivity contribution is 0.415. The maximum absolute atomic E-state index is 12.3. The second-order valence-corrected chi connectivity index (χ2v) is 6.67. The van der Waals surface area contributed by atoms with E-state index in [0.29, 0.717) is 6.54 Å². The molecule has 0 N–H and O–H groups in total. The van der Waals surface area contributed by atoms with Crippen molar-refractivity contribution < 1.29 is 0 Å². The molecule has 0 fully saturated rings. The molecule has 4 nitrogen and oxygen atoms in total. The molecule has 0 aromatic carbocycles. The highest BCUT2D eigenvalue weighted by atomic mass is 32.1. The molecule has 0 radical (unpaired) electrons. The number of aryl methyl sites for hydroxylation is 2. The van der Waals surface area contributed by atoms with E-state index >= 15 is 0 Å². The van der Waals surface area contributed by atoms with E-state index in [-0.39, 0.29) is 11.0 Å². The summed E-state index contributed by atoms with van der Waals surface area (Å²) < 4.78 is 2.42. The smallest absolute Gasteiger partial charge is 0.271 e. The van der Waals surface area contributed by atoms with Gasteiger partial charge in [-0.3, -0.25) is 9.36 Å². The van der Waals surface area contributed by atoms with Gasteiger partial charge in [0, 0.05) is 6.54 Å². The van der Waals surface area contributed by atoms with E-state index in [1.165, 1.54) is 11.3 Å². The number of nitrogens with zero attached hydrogens (tertiary/aromatic N) is 3. The monoisotopic (exact) mass is 289 g/mol. The van der Waals surface area contributed by atoms with Crippen LogP contribution >= 0.6 is 11.3 Å². The zero-order valence-corrected chi connectivity index (χ0v) is 13.0. The van der Waals surface area contributed by atoms with E-state index in [4.69, 9.17) is 5.26 Å². The molecule has 0 spiro atoms. The predicted molar refractivity (Wildman–Crippen MR) is 81.9 cm³/mol. The average Bonchev–Trinajstić information content (AvgIpc) is 2.79. The standard InChI is InChI=1S/C15H19N3OS/c1-11-8-20-13-12(11)17-10-18(14(13)19)7-5-4-6-15(2,3)9-16/h8,10H,4-7H2,1-3H3. The fraction of sp³-hybridized carbons (Fsp3) is 0.533. The van der Waals surface area contributed by atoms with Gasteiger partial charge in [0.25, 0.3) is 5.56 Å². The summed E-state index contributed by atoms with van der Waals surface area (Å²) in [6.45, 7) is 6.53. The van der Waals surface area contributed by atoms with Crippen molar-refractivity contribution in [3.8, 4) is 6.07 Å². The van der Waals surface area contributed by atoms with Crippen LogP contribution in [0.25, 0.3) is 10.2 Å². The summed E-state index contributed by atoms with van der Waals surface area (Å²) in [6, 6.07) is 2.30. The van der Waals surface area contributed by atoms with Crippen molar-refractivity contribution >= 4 is 21.6 Å². The quantitative estimate of drug-likeness (QED) is 0.792. The molecule has 0 saturated heterocycles. The van der Waals surface area contributed by atoms with Crippen LogP contribution in [0.15, 0.2) is 16.5 Å². The molecule has 0 saturated carbocycles. The van der Waals surface area contributed by atoms with Crippen LogP contribution < -0.4 is 5.56 Å². The SMILES string of the molecule is Cc1csc2c(=O)n(CCCCC(C)(C)C#N)cnc12. The molecule has 0 bridgehead atoms. The molecule has 106 valence electrons. The van der Waals surface area contributed by atoms with Gasteiger partial charge in [-0.25, -0.2) is 4.98 Å². The van der Waals surface area contributed by atoms with Crippen molar-refractivity contribution in [2.24, 2.45) is 5.41 Å². The maximum Gasteiger partial charge on any atom is 0.271 e. The van der Waals surface area contributed by atoms with E-state index in [1.54, 1.807) is 10.9 Å². The molecule has 5 heteroatoms. The molecule has 2 heterocycles. The third-order valence-corrected chi connectivity index (χ3v) is 4.55. The van der Waals surface area contributed by atoms with Gasteiger partial charge < -0.3 is 0 Å². The summed E-state index contributed by atoms with van der Waals surface area (Å²) in [7, 11) is 0. The molecular formula is C15H19N3OS. The summed E-state index contributed by atoms with van der Waals surface area (Å²) in [6.07, 6.45) is 4.32. The third kappa shape index (κ3) is 3.07. The number of aromatic nitrogens is 2. The molecule has 20 heavy (non-hydrogen) atoms. The summed E-state index contributed by atoms with van der Waals surface area (Å²) in [4.78, 5) is 16.6. The molecule has 0 unspecified atom stereocenters. The van der Waals surface area contributed by atoms with E-state index in [1.807, 2.05) is 26.2 Å². The van der Waals surface area contributed by atoms with Crippen LogP contribution in [-0.2, 0) is 6.54 Å². The van der Waals surface area contributed by atoms with Crippen molar-refractivity contribution in [2.75, 3.05) is 0 Å². The first-order chi connectivity index (χ1) is 9.44. The Labute approximate surface area is 122 Å². The van der Waals surface area contributed by atoms with Crippen LogP contribution in [0.3, 0.4) is 0 Å². The molecule has 0 aliphatic carbocycles. The van der Waals surface area contributed by atoms with Crippen LogP contribution in [0.5, 0.6) is 0 Å². The number of nitriles is 1. The maximum atomic E-state index is 12.3. The summed E-state index contributed by atoms with van der Waals surface area (Å²) in [5.74, 6) is 0. The Morgan fingerprint density at radius 2 is 2.20 bits per heavy atom. The molecule has 0 atom stereocenters. The Morgan fingerprint density at radius 1 is 1.45 bits per heavy atom. The minimum Gasteiger partial charge on any atom is -0.298 e. The van der Waals surface area contributed by atoms with Gasteiger partial charge >= 0.3 is 0 Å². The van der Waals surface area contributed by atoms with Crippen molar-refractivity contribution in [3.63, 3.8) is 0 Å². The summed E-state index contributed by atoms with van der Waals surface area (Å²) in [5.41, 5.74) is 1.65. The van der Waals surface area contributed by atoms with Crippen molar-refractivity contribution in [2.45, 2.75) is 46.6 Å². The van der Waals surface area contributed by atoms with Gasteiger partial charge in [0.1, 0.15) is 4.70 Å². The first-order valence-electron chi connectivity index (χ1n) is 6.79. The van der Waals surface area contributed by atoms with Crippen molar-refractivity contribution in [1.82, 2.24) is 9.55 Å². The third-order valence-electron chi connectivity index (χ3n) is 3.48. The van der Waals surface area contributed by atoms with Gasteiger partial charge in [-0.2, -0.15) is 5.26 Å². The van der Waals surface area contributed by atoms with Gasteiger partial charge in [0.2, 0.25) is 0 Å². The van der Waals surface area contributed by atoms with Crippen LogP contribution in [-0.4, -0.2) is 9.55 Å². The minimum absolute atomic E-state index is 0.0487. The van der Waals surface area contributed by atoms with Crippen LogP contribution in [0.1, 0.15) is 38.7 Å². The number of rotatable bonds is 5. The van der Waals surface area contributed by atoms with E-state index in [0.717, 1.165) is 35.0 Å². The molecule has 2 aromatic heterocycles. The highest BCUT2D eigenvalue weighted by Gasteiger charge is 2.15. The number of hydrogen-bond donors (Lipinski definition) is 0. The van der Waals surface area contributed by atoms with Crippen LogP contribution in [0.2, 0.25) is 0 Å². The lowest BCUT2D eigenvalue weighted by Gasteiger charge is -2.14. The Kier molecular flexibility index (Phi) is 4.24. The van der Waals surface area contributed by atoms with E-state index in [9.17, 15) is 4.79 Å². The fourth-order valence-corrected chi connectivity index (χ4v) is 3.07. The van der Waals surface area contributed by atoms with Gasteiger partial charge in [0.05, 0.1) is 23.3 Å². The number of unbranched alkanes of at least 4 members (excludes halogenated alkanes) is 1. The highest BCUT2D eigenvalue weighted by Crippen LogP contribution is 2.22. The first-order valence-corrected chi connectivity index (χ1v) is 7.67. The topological polar surface area (TPSA) is 58.7 Å². The molecule has 0 aliphatic heterocycles. The fourth-order valence-electron chi connectivity index (χ4n) is 2.12. The zero-order chi connectivity index (χ0) is 14.8. The second-order valence-electron chi connectivity index (χ2n) is 5.79. The molecule has 0 aliphatic rings. The molecule has 2 aromatic rings. The van der Waals surface area contributed by atoms with Crippen LogP contribution in [0, 0.1) is 23.7 Å². The molecule has 2 rings (SSSR count). The van der Waals surface area contributed by atoms with E-state index < -0.39 is 0 Å². The number of thiophene rings is 1. The van der Waals surface area contributed by atoms with Crippen molar-refractivity contribution in [1.29, 1.82) is 5.26 Å². The lowest BCUT2D eigenvalue weighted by Crippen LogP contribution is -2.20. The van der Waals surface area contributed by atoms with E-state index in [2.05, 4.69) is 11.1 Å². The van der Waals surface area contributed by atoms with Gasteiger partial charge in [-0.05, 0) is 44.6 Å². The van der Waals surface area contributed by atoms with Crippen LogP contribution in [0.4, 0.5) is 0 Å². The number of hydrogen-bond acceptors (Lipinski definition) is 4. The molecular weight excluding hydrogens is 270 g/mol. The highest BCUT2D eigenvalue weighted by molar-refractivity contribution is 7.17. The van der Waals surface area contributed by atoms with Gasteiger partial charge in [-0.1, -0.05) is 6.42 Å². The van der Waals surface area contributed by atoms with Crippen molar-refractivity contribution in [3.05, 3.63) is 27.6 Å². The predicted octanol–water partition coefficient (Wildman–Crippen LogP) is 3.49. The van der Waals surface area contributed by atoms with Gasteiger partial charge in [-0.15, -0.1) is 11.3 Å². The average molecular weight is 289 g/mol. The Bertz CT molecular complexity index is 706. The Morgan fingerprint density at radius 3 is 2.90 bits per heavy atom. The first kappa shape index (κ1) is 14.7. The lowest BCUT2D eigenvalue weighted by atomic mass is 9.89.